The van der Waals surface area contributed by atoms with Crippen LogP contribution in [0, 0.1) is 0 Å². The van der Waals surface area contributed by atoms with Gasteiger partial charge in [-0.05, 0) is 53.0 Å². The van der Waals surface area contributed by atoms with Crippen LogP contribution in [0.2, 0.25) is 6.55 Å². The van der Waals surface area contributed by atoms with Crippen LogP contribution in [0.3, 0.4) is 0 Å². The van der Waals surface area contributed by atoms with Crippen molar-refractivity contribution in [1.29, 1.82) is 0 Å². The Kier molecular flexibility index (Phi) is 5.33. The highest BCUT2D eigenvalue weighted by Crippen LogP contribution is 2.30. The van der Waals surface area contributed by atoms with E-state index >= 15 is 0 Å². The molecule has 0 spiro atoms. The number of phenols is 3. The maximum absolute atomic E-state index is 10.2. The molecule has 3 aromatic carbocycles. The SMILES string of the molecule is C[Si](Cc1ccccc1O)(Cc1ccccc1O)Cc1ccccc1O. The van der Waals surface area contributed by atoms with Crippen molar-refractivity contribution < 1.29 is 15.3 Å². The molecule has 0 unspecified atom stereocenters. The number of benzene rings is 3. The van der Waals surface area contributed by atoms with Crippen LogP contribution in [-0.2, 0) is 18.1 Å². The van der Waals surface area contributed by atoms with Crippen LogP contribution in [-0.4, -0.2) is 23.4 Å². The van der Waals surface area contributed by atoms with Crippen LogP contribution in [0.25, 0.3) is 0 Å². The topological polar surface area (TPSA) is 60.7 Å². The van der Waals surface area contributed by atoms with E-state index < -0.39 is 8.07 Å². The molecule has 0 aliphatic carbocycles. The van der Waals surface area contributed by atoms with Crippen molar-refractivity contribution in [2.24, 2.45) is 0 Å². The van der Waals surface area contributed by atoms with Crippen molar-refractivity contribution in [1.82, 2.24) is 0 Å². The monoisotopic (exact) mass is 364 g/mol. The minimum atomic E-state index is -2.05. The number of phenolic OH excluding ortho intramolecular Hbond substituents is 3. The van der Waals surface area contributed by atoms with Crippen molar-refractivity contribution in [3.8, 4) is 17.2 Å². The molecule has 4 heteroatoms. The van der Waals surface area contributed by atoms with Gasteiger partial charge in [-0.1, -0.05) is 61.1 Å². The first-order valence-electron chi connectivity index (χ1n) is 8.77. The molecule has 0 saturated carbocycles. The predicted molar refractivity (Wildman–Crippen MR) is 107 cm³/mol. The second kappa shape index (κ2) is 7.66. The van der Waals surface area contributed by atoms with Gasteiger partial charge in [0.05, 0.1) is 8.07 Å². The summed E-state index contributed by atoms with van der Waals surface area (Å²) in [5.74, 6) is 0.919. The first-order valence-corrected chi connectivity index (χ1v) is 11.9. The molecule has 0 atom stereocenters. The summed E-state index contributed by atoms with van der Waals surface area (Å²) in [5.41, 5.74) is 2.77. The fourth-order valence-corrected chi connectivity index (χ4v) is 7.58. The number of para-hydroxylation sites is 3. The van der Waals surface area contributed by atoms with Crippen LogP contribution in [0.1, 0.15) is 16.7 Å². The fourth-order valence-electron chi connectivity index (χ4n) is 3.55. The number of aromatic hydroxyl groups is 3. The molecule has 0 aliphatic heterocycles. The highest BCUT2D eigenvalue weighted by molar-refractivity contribution is 6.77. The van der Waals surface area contributed by atoms with Gasteiger partial charge in [0.2, 0.25) is 0 Å². The molecule has 26 heavy (non-hydrogen) atoms. The minimum Gasteiger partial charge on any atom is -0.508 e. The summed E-state index contributed by atoms with van der Waals surface area (Å²) < 4.78 is 0. The molecule has 3 N–H and O–H groups in total. The molecule has 3 rings (SSSR count). The van der Waals surface area contributed by atoms with Crippen molar-refractivity contribution in [3.63, 3.8) is 0 Å². The fraction of sp³-hybridized carbons (Fsp3) is 0.182. The molecule has 0 amide bonds. The summed E-state index contributed by atoms with van der Waals surface area (Å²) in [6.45, 7) is 2.26. The van der Waals surface area contributed by atoms with E-state index in [1.807, 2.05) is 54.6 Å². The average molecular weight is 365 g/mol. The largest absolute Gasteiger partial charge is 0.508 e. The van der Waals surface area contributed by atoms with E-state index in [1.54, 1.807) is 18.2 Å². The number of hydrogen-bond donors (Lipinski definition) is 3. The van der Waals surface area contributed by atoms with Gasteiger partial charge in [-0.3, -0.25) is 0 Å². The summed E-state index contributed by atoms with van der Waals surface area (Å²) in [6.07, 6.45) is 0. The van der Waals surface area contributed by atoms with Gasteiger partial charge in [-0.2, -0.15) is 0 Å². The predicted octanol–water partition coefficient (Wildman–Crippen LogP) is 4.53. The van der Waals surface area contributed by atoms with Gasteiger partial charge < -0.3 is 15.3 Å². The van der Waals surface area contributed by atoms with Crippen molar-refractivity contribution in [2.45, 2.75) is 24.7 Å². The Morgan fingerprint density at radius 1 is 0.538 bits per heavy atom. The molecule has 0 aliphatic rings. The molecular weight excluding hydrogens is 340 g/mol. The lowest BCUT2D eigenvalue weighted by atomic mass is 10.2. The van der Waals surface area contributed by atoms with Gasteiger partial charge in [-0.15, -0.1) is 0 Å². The lowest BCUT2D eigenvalue weighted by molar-refractivity contribution is 0.469. The highest BCUT2D eigenvalue weighted by atomic mass is 28.3. The third-order valence-electron chi connectivity index (χ3n) is 4.83. The van der Waals surface area contributed by atoms with Gasteiger partial charge in [0.25, 0.3) is 0 Å². The van der Waals surface area contributed by atoms with E-state index in [1.165, 1.54) is 0 Å². The molecular formula is C22H24O3Si. The second-order valence-electron chi connectivity index (χ2n) is 7.23. The first-order chi connectivity index (χ1) is 12.5. The summed E-state index contributed by atoms with van der Waals surface area (Å²) >= 11 is 0. The van der Waals surface area contributed by atoms with E-state index in [2.05, 4.69) is 6.55 Å². The Balaban J connectivity index is 1.96. The third-order valence-corrected chi connectivity index (χ3v) is 8.53. The Morgan fingerprint density at radius 3 is 1.08 bits per heavy atom. The van der Waals surface area contributed by atoms with Crippen LogP contribution < -0.4 is 0 Å². The smallest absolute Gasteiger partial charge is 0.118 e. The standard InChI is InChI=1S/C22H24O3Si/c1-26(14-17-8-2-5-11-20(17)23,15-18-9-3-6-12-21(18)24)16-19-10-4-7-13-22(19)25/h2-13,23-25H,14-16H2,1H3. The number of hydrogen-bond acceptors (Lipinski definition) is 3. The summed E-state index contributed by atoms with van der Waals surface area (Å²) in [4.78, 5) is 0. The van der Waals surface area contributed by atoms with E-state index in [4.69, 9.17) is 0 Å². The van der Waals surface area contributed by atoms with Gasteiger partial charge in [-0.25, -0.2) is 0 Å². The molecule has 134 valence electrons. The zero-order chi connectivity index (χ0) is 18.6. The Labute approximate surface area is 155 Å². The van der Waals surface area contributed by atoms with E-state index in [9.17, 15) is 15.3 Å². The quantitative estimate of drug-likeness (QED) is 0.563. The van der Waals surface area contributed by atoms with Crippen LogP contribution in [0.4, 0.5) is 0 Å². The molecule has 3 nitrogen and oxygen atoms in total. The molecule has 0 heterocycles. The van der Waals surface area contributed by atoms with Crippen LogP contribution in [0.15, 0.2) is 72.8 Å². The van der Waals surface area contributed by atoms with Gasteiger partial charge in [0.1, 0.15) is 17.2 Å². The molecule has 0 bridgehead atoms. The van der Waals surface area contributed by atoms with Crippen molar-refractivity contribution in [2.75, 3.05) is 0 Å². The lowest BCUT2D eigenvalue weighted by Crippen LogP contribution is -2.40. The van der Waals surface area contributed by atoms with E-state index in [0.29, 0.717) is 17.2 Å². The minimum absolute atomic E-state index is 0.306. The van der Waals surface area contributed by atoms with Gasteiger partial charge in [0.15, 0.2) is 0 Å². The highest BCUT2D eigenvalue weighted by Gasteiger charge is 2.31. The summed E-state index contributed by atoms with van der Waals surface area (Å²) in [5, 5.41) is 30.7. The Morgan fingerprint density at radius 2 is 0.808 bits per heavy atom. The average Bonchev–Trinajstić information content (AvgIpc) is 2.61. The van der Waals surface area contributed by atoms with Gasteiger partial charge >= 0.3 is 0 Å². The van der Waals surface area contributed by atoms with Crippen LogP contribution in [0.5, 0.6) is 17.2 Å². The Bertz CT molecular complexity index is 776. The van der Waals surface area contributed by atoms with E-state index in [-0.39, 0.29) is 0 Å². The molecule has 0 fully saturated rings. The normalized spacial score (nSPS) is 11.4. The zero-order valence-corrected chi connectivity index (χ0v) is 15.9. The number of rotatable bonds is 6. The zero-order valence-electron chi connectivity index (χ0n) is 14.9. The molecule has 0 radical (unpaired) electrons. The second-order valence-corrected chi connectivity index (χ2v) is 11.9. The third kappa shape index (κ3) is 4.27. The first kappa shape index (κ1) is 18.1. The van der Waals surface area contributed by atoms with Crippen LogP contribution >= 0.6 is 0 Å². The Hall–Kier alpha value is -2.72. The maximum Gasteiger partial charge on any atom is 0.118 e. The van der Waals surface area contributed by atoms with E-state index in [0.717, 1.165) is 34.8 Å². The molecule has 0 aromatic heterocycles. The molecule has 0 saturated heterocycles. The summed E-state index contributed by atoms with van der Waals surface area (Å²) in [6, 6.07) is 24.6. The lowest BCUT2D eigenvalue weighted by Gasteiger charge is -2.29. The molecule has 3 aromatic rings. The summed E-state index contributed by atoms with van der Waals surface area (Å²) in [7, 11) is -2.05. The van der Waals surface area contributed by atoms with Crippen molar-refractivity contribution in [3.05, 3.63) is 89.5 Å². The maximum atomic E-state index is 10.2. The van der Waals surface area contributed by atoms with Crippen molar-refractivity contribution >= 4 is 8.07 Å². The van der Waals surface area contributed by atoms with Gasteiger partial charge in [0, 0.05) is 0 Å².